The zero-order valence-electron chi connectivity index (χ0n) is 12.4. The number of hydrogen-bond donors (Lipinski definition) is 1. The quantitative estimate of drug-likeness (QED) is 0.746. The van der Waals surface area contributed by atoms with E-state index in [1.165, 1.54) is 30.3 Å². The lowest BCUT2D eigenvalue weighted by molar-refractivity contribution is 0.560. The zero-order chi connectivity index (χ0) is 16.4. The fraction of sp³-hybridized carbons (Fsp3) is 0.118. The van der Waals surface area contributed by atoms with Gasteiger partial charge in [-0.25, -0.2) is 13.2 Å². The molecule has 23 heavy (non-hydrogen) atoms. The molecule has 1 aromatic heterocycles. The van der Waals surface area contributed by atoms with Crippen LogP contribution in [0.25, 0.3) is 11.0 Å². The van der Waals surface area contributed by atoms with Crippen LogP contribution in [0.2, 0.25) is 0 Å². The van der Waals surface area contributed by atoms with E-state index in [4.69, 9.17) is 4.42 Å². The number of benzene rings is 2. The first-order valence-corrected chi connectivity index (χ1v) is 8.62. The summed E-state index contributed by atoms with van der Waals surface area (Å²) in [5.41, 5.74) is 1.45. The van der Waals surface area contributed by atoms with E-state index in [1.807, 2.05) is 19.1 Å². The Hall–Kier alpha value is -2.60. The van der Waals surface area contributed by atoms with Crippen molar-refractivity contribution in [1.29, 1.82) is 0 Å². The summed E-state index contributed by atoms with van der Waals surface area (Å²) < 4.78 is 32.6. The van der Waals surface area contributed by atoms with E-state index in [0.29, 0.717) is 16.7 Å². The van der Waals surface area contributed by atoms with Crippen LogP contribution in [0.3, 0.4) is 0 Å². The highest BCUT2D eigenvalue weighted by Gasteiger charge is 2.15. The molecule has 0 aliphatic rings. The van der Waals surface area contributed by atoms with E-state index in [0.717, 1.165) is 12.0 Å². The Labute approximate surface area is 133 Å². The largest absolute Gasteiger partial charge is 0.423 e. The summed E-state index contributed by atoms with van der Waals surface area (Å²) in [5, 5.41) is 0.551. The molecule has 0 saturated carbocycles. The molecule has 0 saturated heterocycles. The molecule has 0 radical (unpaired) electrons. The molecule has 0 aliphatic carbocycles. The van der Waals surface area contributed by atoms with E-state index >= 15 is 0 Å². The van der Waals surface area contributed by atoms with Crippen LogP contribution >= 0.6 is 0 Å². The van der Waals surface area contributed by atoms with Gasteiger partial charge < -0.3 is 4.42 Å². The second-order valence-electron chi connectivity index (χ2n) is 5.11. The first kappa shape index (κ1) is 15.3. The Morgan fingerprint density at radius 2 is 1.87 bits per heavy atom. The Balaban J connectivity index is 1.98. The molecule has 3 rings (SSSR count). The number of aryl methyl sites for hydroxylation is 1. The van der Waals surface area contributed by atoms with E-state index in [1.54, 1.807) is 12.1 Å². The maximum absolute atomic E-state index is 12.5. The van der Waals surface area contributed by atoms with Gasteiger partial charge in [-0.3, -0.25) is 4.72 Å². The Bertz CT molecular complexity index is 1020. The van der Waals surface area contributed by atoms with Crippen molar-refractivity contribution in [3.05, 3.63) is 70.6 Å². The van der Waals surface area contributed by atoms with Gasteiger partial charge in [0.05, 0.1) is 4.90 Å². The van der Waals surface area contributed by atoms with Crippen LogP contribution in [0, 0.1) is 0 Å². The summed E-state index contributed by atoms with van der Waals surface area (Å²) in [4.78, 5) is 11.3. The molecule has 0 fully saturated rings. The number of rotatable bonds is 4. The molecule has 0 unspecified atom stereocenters. The number of anilines is 1. The normalized spacial score (nSPS) is 11.5. The summed E-state index contributed by atoms with van der Waals surface area (Å²) in [7, 11) is -3.71. The SMILES string of the molecule is CCc1cccc(NS(=O)(=O)c2ccc3oc(=O)ccc3c2)c1. The summed E-state index contributed by atoms with van der Waals surface area (Å²) in [6, 6.07) is 14.4. The Morgan fingerprint density at radius 3 is 2.65 bits per heavy atom. The van der Waals surface area contributed by atoms with Crippen molar-refractivity contribution >= 4 is 26.7 Å². The zero-order valence-corrected chi connectivity index (χ0v) is 13.3. The minimum atomic E-state index is -3.71. The van der Waals surface area contributed by atoms with E-state index in [9.17, 15) is 13.2 Å². The van der Waals surface area contributed by atoms with E-state index < -0.39 is 15.6 Å². The van der Waals surface area contributed by atoms with Crippen LogP contribution in [0.4, 0.5) is 5.69 Å². The second kappa shape index (κ2) is 5.89. The maximum Gasteiger partial charge on any atom is 0.336 e. The van der Waals surface area contributed by atoms with E-state index in [2.05, 4.69) is 4.72 Å². The standard InChI is InChI=1S/C17H15NO4S/c1-2-12-4-3-5-14(10-12)18-23(20,21)15-7-8-16-13(11-15)6-9-17(19)22-16/h3-11,18H,2H2,1H3. The maximum atomic E-state index is 12.5. The fourth-order valence-electron chi connectivity index (χ4n) is 2.29. The summed E-state index contributed by atoms with van der Waals surface area (Å²) >= 11 is 0. The first-order chi connectivity index (χ1) is 11.0. The lowest BCUT2D eigenvalue weighted by Gasteiger charge is -2.09. The topological polar surface area (TPSA) is 76.4 Å². The third-order valence-electron chi connectivity index (χ3n) is 3.49. The highest BCUT2D eigenvalue weighted by molar-refractivity contribution is 7.92. The van der Waals surface area contributed by atoms with Crippen molar-refractivity contribution in [2.45, 2.75) is 18.2 Å². The molecule has 0 spiro atoms. The van der Waals surface area contributed by atoms with Crippen LogP contribution in [-0.2, 0) is 16.4 Å². The molecule has 0 bridgehead atoms. The summed E-state index contributed by atoms with van der Waals surface area (Å²) in [6.45, 7) is 2.00. The molecule has 2 aromatic carbocycles. The predicted octanol–water partition coefficient (Wildman–Crippen LogP) is 3.16. The second-order valence-corrected chi connectivity index (χ2v) is 6.80. The average Bonchev–Trinajstić information content (AvgIpc) is 2.54. The highest BCUT2D eigenvalue weighted by Crippen LogP contribution is 2.21. The molecule has 0 aliphatic heterocycles. The Morgan fingerprint density at radius 1 is 1.04 bits per heavy atom. The summed E-state index contributed by atoms with van der Waals surface area (Å²) in [6.07, 6.45) is 0.824. The number of fused-ring (bicyclic) bond motifs is 1. The molecule has 3 aromatic rings. The van der Waals surface area contributed by atoms with Gasteiger partial charge >= 0.3 is 5.63 Å². The van der Waals surface area contributed by atoms with Gasteiger partial charge in [0.15, 0.2) is 0 Å². The first-order valence-electron chi connectivity index (χ1n) is 7.13. The molecule has 0 amide bonds. The van der Waals surface area contributed by atoms with E-state index in [-0.39, 0.29) is 4.90 Å². The van der Waals surface area contributed by atoms with Crippen molar-refractivity contribution in [1.82, 2.24) is 0 Å². The molecule has 0 atom stereocenters. The van der Waals surface area contributed by atoms with Crippen LogP contribution in [-0.4, -0.2) is 8.42 Å². The lowest BCUT2D eigenvalue weighted by atomic mass is 10.1. The number of nitrogens with one attached hydrogen (secondary N) is 1. The van der Waals surface area contributed by atoms with Crippen molar-refractivity contribution < 1.29 is 12.8 Å². The van der Waals surface area contributed by atoms with Crippen LogP contribution in [0.1, 0.15) is 12.5 Å². The molecular weight excluding hydrogens is 314 g/mol. The molecular formula is C17H15NO4S. The Kier molecular flexibility index (Phi) is 3.92. The minimum Gasteiger partial charge on any atom is -0.423 e. The lowest BCUT2D eigenvalue weighted by Crippen LogP contribution is -2.13. The van der Waals surface area contributed by atoms with Gasteiger partial charge in [0, 0.05) is 17.1 Å². The third-order valence-corrected chi connectivity index (χ3v) is 4.87. The van der Waals surface area contributed by atoms with Gasteiger partial charge in [0.1, 0.15) is 5.58 Å². The predicted molar refractivity (Wildman–Crippen MR) is 89.1 cm³/mol. The van der Waals surface area contributed by atoms with Gasteiger partial charge in [0.2, 0.25) is 0 Å². The molecule has 5 nitrogen and oxygen atoms in total. The summed E-state index contributed by atoms with van der Waals surface area (Å²) in [5.74, 6) is 0. The molecule has 118 valence electrons. The molecule has 6 heteroatoms. The monoisotopic (exact) mass is 329 g/mol. The highest BCUT2D eigenvalue weighted by atomic mass is 32.2. The van der Waals surface area contributed by atoms with Gasteiger partial charge in [-0.2, -0.15) is 0 Å². The molecule has 1 N–H and O–H groups in total. The van der Waals surface area contributed by atoms with Crippen molar-refractivity contribution in [2.24, 2.45) is 0 Å². The number of hydrogen-bond acceptors (Lipinski definition) is 4. The van der Waals surface area contributed by atoms with Gasteiger partial charge in [-0.1, -0.05) is 19.1 Å². The van der Waals surface area contributed by atoms with Crippen molar-refractivity contribution in [2.75, 3.05) is 4.72 Å². The number of sulfonamides is 1. The third kappa shape index (κ3) is 3.27. The smallest absolute Gasteiger partial charge is 0.336 e. The van der Waals surface area contributed by atoms with Gasteiger partial charge in [0.25, 0.3) is 10.0 Å². The van der Waals surface area contributed by atoms with Crippen LogP contribution in [0.5, 0.6) is 0 Å². The van der Waals surface area contributed by atoms with Gasteiger partial charge in [-0.15, -0.1) is 0 Å². The van der Waals surface area contributed by atoms with Crippen LogP contribution in [0.15, 0.2) is 68.7 Å². The fourth-order valence-corrected chi connectivity index (χ4v) is 3.37. The molecule has 1 heterocycles. The van der Waals surface area contributed by atoms with Gasteiger partial charge in [-0.05, 0) is 48.4 Å². The van der Waals surface area contributed by atoms with Crippen molar-refractivity contribution in [3.63, 3.8) is 0 Å². The van der Waals surface area contributed by atoms with Crippen LogP contribution < -0.4 is 10.3 Å². The average molecular weight is 329 g/mol. The minimum absolute atomic E-state index is 0.112. The van der Waals surface area contributed by atoms with Crippen molar-refractivity contribution in [3.8, 4) is 0 Å².